The van der Waals surface area contributed by atoms with Gasteiger partial charge >= 0.3 is 6.09 Å². The van der Waals surface area contributed by atoms with Gasteiger partial charge in [-0.05, 0) is 38.9 Å². The third-order valence-corrected chi connectivity index (χ3v) is 9.46. The molecule has 0 aromatic rings. The van der Waals surface area contributed by atoms with E-state index in [0.29, 0.717) is 13.1 Å². The Morgan fingerprint density at radius 3 is 2.17 bits per heavy atom. The van der Waals surface area contributed by atoms with E-state index in [1.807, 2.05) is 27.7 Å². The molecule has 1 rings (SSSR count). The number of aliphatic hydroxyl groups is 1. The number of hydrogen-bond acceptors (Lipinski definition) is 4. The molecule has 1 aliphatic heterocycles. The molecule has 0 aliphatic carbocycles. The molecule has 2 unspecified atom stereocenters. The van der Waals surface area contributed by atoms with Gasteiger partial charge < -0.3 is 19.2 Å². The molecular formula is C17H35NO4Si. The van der Waals surface area contributed by atoms with Gasteiger partial charge in [0.1, 0.15) is 5.60 Å². The molecule has 1 aliphatic rings. The van der Waals surface area contributed by atoms with Crippen molar-refractivity contribution >= 4 is 14.4 Å². The summed E-state index contributed by atoms with van der Waals surface area (Å²) in [5, 5.41) is 9.97. The number of amides is 1. The van der Waals surface area contributed by atoms with Crippen molar-refractivity contribution in [1.29, 1.82) is 0 Å². The highest BCUT2D eigenvalue weighted by Gasteiger charge is 2.50. The fourth-order valence-electron chi connectivity index (χ4n) is 2.35. The number of rotatable bonds is 3. The maximum Gasteiger partial charge on any atom is 0.410 e. The van der Waals surface area contributed by atoms with Gasteiger partial charge in [-0.25, -0.2) is 4.79 Å². The Bertz CT molecular complexity index is 439. The van der Waals surface area contributed by atoms with Crippen LogP contribution in [0.3, 0.4) is 0 Å². The summed E-state index contributed by atoms with van der Waals surface area (Å²) < 4.78 is 12.0. The largest absolute Gasteiger partial charge is 0.444 e. The van der Waals surface area contributed by atoms with Crippen molar-refractivity contribution < 1.29 is 19.1 Å². The van der Waals surface area contributed by atoms with Gasteiger partial charge in [-0.15, -0.1) is 0 Å². The first kappa shape index (κ1) is 20.5. The molecule has 5 nitrogen and oxygen atoms in total. The van der Waals surface area contributed by atoms with E-state index in [9.17, 15) is 9.90 Å². The van der Waals surface area contributed by atoms with Gasteiger partial charge in [0.05, 0.1) is 12.7 Å². The fraction of sp³-hybridized carbons (Fsp3) is 0.941. The van der Waals surface area contributed by atoms with Crippen molar-refractivity contribution in [2.45, 2.75) is 78.3 Å². The number of aliphatic hydroxyl groups excluding tert-OH is 1. The smallest absolute Gasteiger partial charge is 0.410 e. The highest BCUT2D eigenvalue weighted by atomic mass is 28.4. The SMILES string of the molecule is CC(C)(C)OC(=O)N1CC(O[Si](C)(C)C(C)(C)C)C(C)(CO)C1. The van der Waals surface area contributed by atoms with E-state index in [0.717, 1.165) is 0 Å². The minimum absolute atomic E-state index is 0.00835. The summed E-state index contributed by atoms with van der Waals surface area (Å²) in [5.74, 6) is 0. The fourth-order valence-corrected chi connectivity index (χ4v) is 3.78. The summed E-state index contributed by atoms with van der Waals surface area (Å²) in [5.41, 5.74) is -0.975. The van der Waals surface area contributed by atoms with Gasteiger partial charge in [0.25, 0.3) is 0 Å². The molecule has 1 fully saturated rings. The van der Waals surface area contributed by atoms with Gasteiger partial charge in [0, 0.05) is 18.5 Å². The summed E-state index contributed by atoms with van der Waals surface area (Å²) in [6, 6.07) is 0. The van der Waals surface area contributed by atoms with Crippen LogP contribution in [0.25, 0.3) is 0 Å². The molecule has 0 bridgehead atoms. The van der Waals surface area contributed by atoms with Crippen LogP contribution in [0.4, 0.5) is 4.79 Å². The molecule has 136 valence electrons. The van der Waals surface area contributed by atoms with Crippen LogP contribution < -0.4 is 0 Å². The van der Waals surface area contributed by atoms with E-state index in [4.69, 9.17) is 9.16 Å². The Hall–Kier alpha value is -0.593. The first-order valence-electron chi connectivity index (χ1n) is 8.38. The molecule has 1 heterocycles. The highest BCUT2D eigenvalue weighted by molar-refractivity contribution is 6.74. The Morgan fingerprint density at radius 2 is 1.78 bits per heavy atom. The van der Waals surface area contributed by atoms with Crippen LogP contribution in [0.5, 0.6) is 0 Å². The predicted octanol–water partition coefficient (Wildman–Crippen LogP) is 3.63. The zero-order valence-electron chi connectivity index (χ0n) is 16.3. The topological polar surface area (TPSA) is 59.0 Å². The lowest BCUT2D eigenvalue weighted by molar-refractivity contribution is 0.0261. The monoisotopic (exact) mass is 345 g/mol. The Labute approximate surface area is 142 Å². The molecular weight excluding hydrogens is 310 g/mol. The second-order valence-corrected chi connectivity index (χ2v) is 14.3. The summed E-state index contributed by atoms with van der Waals surface area (Å²) in [7, 11) is -1.98. The number of nitrogens with zero attached hydrogens (tertiary/aromatic N) is 1. The number of carbonyl (C=O) groups is 1. The van der Waals surface area contributed by atoms with Crippen molar-refractivity contribution in [1.82, 2.24) is 4.90 Å². The minimum atomic E-state index is -1.98. The van der Waals surface area contributed by atoms with Crippen LogP contribution in [0.15, 0.2) is 0 Å². The Morgan fingerprint density at radius 1 is 1.26 bits per heavy atom. The molecule has 0 aromatic heterocycles. The second-order valence-electron chi connectivity index (χ2n) is 9.54. The molecule has 0 aromatic carbocycles. The average Bonchev–Trinajstić information content (AvgIpc) is 2.64. The molecule has 1 N–H and O–H groups in total. The summed E-state index contributed by atoms with van der Waals surface area (Å²) in [6.45, 7) is 19.4. The van der Waals surface area contributed by atoms with Crippen molar-refractivity contribution in [2.24, 2.45) is 5.41 Å². The van der Waals surface area contributed by atoms with Gasteiger partial charge in [-0.3, -0.25) is 0 Å². The highest BCUT2D eigenvalue weighted by Crippen LogP contribution is 2.42. The van der Waals surface area contributed by atoms with Gasteiger partial charge in [0.2, 0.25) is 0 Å². The third-order valence-electron chi connectivity index (χ3n) is 4.97. The van der Waals surface area contributed by atoms with E-state index < -0.39 is 19.3 Å². The number of hydrogen-bond donors (Lipinski definition) is 1. The number of likely N-dealkylation sites (tertiary alicyclic amines) is 1. The zero-order valence-corrected chi connectivity index (χ0v) is 17.3. The van der Waals surface area contributed by atoms with Crippen LogP contribution in [0.1, 0.15) is 48.5 Å². The van der Waals surface area contributed by atoms with Crippen LogP contribution in [0, 0.1) is 5.41 Å². The van der Waals surface area contributed by atoms with Crippen molar-refractivity contribution in [3.8, 4) is 0 Å². The normalized spacial score (nSPS) is 26.5. The quantitative estimate of drug-likeness (QED) is 0.794. The lowest BCUT2D eigenvalue weighted by atomic mass is 9.88. The molecule has 0 radical (unpaired) electrons. The molecule has 6 heteroatoms. The Kier molecular flexibility index (Phi) is 5.67. The summed E-state index contributed by atoms with van der Waals surface area (Å²) >= 11 is 0. The number of carbonyl (C=O) groups excluding carboxylic acids is 1. The molecule has 23 heavy (non-hydrogen) atoms. The third kappa shape index (κ3) is 4.94. The van der Waals surface area contributed by atoms with E-state index in [1.54, 1.807) is 4.90 Å². The van der Waals surface area contributed by atoms with E-state index >= 15 is 0 Å². The summed E-state index contributed by atoms with van der Waals surface area (Å²) in [6.07, 6.45) is -0.501. The van der Waals surface area contributed by atoms with E-state index in [1.165, 1.54) is 0 Å². The van der Waals surface area contributed by atoms with E-state index in [-0.39, 0.29) is 23.8 Å². The molecule has 2 atom stereocenters. The second kappa shape index (κ2) is 6.37. The zero-order chi connectivity index (χ0) is 18.3. The predicted molar refractivity (Wildman–Crippen MR) is 95.1 cm³/mol. The van der Waals surface area contributed by atoms with Gasteiger partial charge in [0.15, 0.2) is 8.32 Å². The molecule has 0 saturated carbocycles. The van der Waals surface area contributed by atoms with Crippen molar-refractivity contribution in [2.75, 3.05) is 19.7 Å². The lowest BCUT2D eigenvalue weighted by Crippen LogP contribution is -2.49. The van der Waals surface area contributed by atoms with Crippen LogP contribution in [-0.2, 0) is 9.16 Å². The number of ether oxygens (including phenoxy) is 1. The first-order valence-corrected chi connectivity index (χ1v) is 11.3. The first-order chi connectivity index (χ1) is 10.1. The van der Waals surface area contributed by atoms with Gasteiger partial charge in [-0.1, -0.05) is 27.7 Å². The molecule has 1 amide bonds. The average molecular weight is 346 g/mol. The van der Waals surface area contributed by atoms with Crippen LogP contribution in [0.2, 0.25) is 18.1 Å². The van der Waals surface area contributed by atoms with E-state index in [2.05, 4.69) is 33.9 Å². The van der Waals surface area contributed by atoms with Gasteiger partial charge in [-0.2, -0.15) is 0 Å². The maximum atomic E-state index is 12.4. The summed E-state index contributed by atoms with van der Waals surface area (Å²) in [4.78, 5) is 14.0. The van der Waals surface area contributed by atoms with Crippen molar-refractivity contribution in [3.05, 3.63) is 0 Å². The molecule has 0 spiro atoms. The minimum Gasteiger partial charge on any atom is -0.444 e. The van der Waals surface area contributed by atoms with Crippen LogP contribution in [-0.4, -0.2) is 55.8 Å². The standard InChI is InChI=1S/C17H35NO4Si/c1-15(2,3)21-14(20)18-10-13(17(7,11-18)12-19)22-23(8,9)16(4,5)6/h13,19H,10-12H2,1-9H3. The maximum absolute atomic E-state index is 12.4. The Balaban J connectivity index is 2.90. The van der Waals surface area contributed by atoms with Crippen molar-refractivity contribution in [3.63, 3.8) is 0 Å². The molecule has 1 saturated heterocycles. The van der Waals surface area contributed by atoms with Crippen LogP contribution >= 0.6 is 0 Å². The lowest BCUT2D eigenvalue weighted by Gasteiger charge is -2.41.